The Kier molecular flexibility index (Phi) is 4.45. The highest BCUT2D eigenvalue weighted by Gasteiger charge is 2.11. The zero-order valence-electron chi connectivity index (χ0n) is 12.0. The molecular formula is C15H19ClFN3. The Labute approximate surface area is 123 Å². The van der Waals surface area contributed by atoms with Crippen LogP contribution < -0.4 is 5.32 Å². The minimum Gasteiger partial charge on any atom is -0.329 e. The predicted octanol–water partition coefficient (Wildman–Crippen LogP) is 3.61. The Morgan fingerprint density at radius 3 is 2.75 bits per heavy atom. The number of rotatable bonds is 4. The van der Waals surface area contributed by atoms with Gasteiger partial charge in [-0.15, -0.1) is 0 Å². The molecule has 2 aromatic rings. The molecule has 1 aromatic carbocycles. The largest absolute Gasteiger partial charge is 0.329 e. The minimum absolute atomic E-state index is 0.0499. The zero-order chi connectivity index (χ0) is 14.8. The summed E-state index contributed by atoms with van der Waals surface area (Å²) in [5, 5.41) is 3.57. The van der Waals surface area contributed by atoms with E-state index in [0.29, 0.717) is 6.54 Å². The SMILES string of the molecule is CC(C)(C)NCc1cncn1Cc1ccc(F)c(Cl)c1. The quantitative estimate of drug-likeness (QED) is 0.934. The molecule has 0 amide bonds. The van der Waals surface area contributed by atoms with Crippen molar-refractivity contribution in [3.8, 4) is 0 Å². The van der Waals surface area contributed by atoms with Crippen LogP contribution in [0.1, 0.15) is 32.0 Å². The van der Waals surface area contributed by atoms with Gasteiger partial charge in [-0.3, -0.25) is 0 Å². The molecule has 0 fully saturated rings. The van der Waals surface area contributed by atoms with Gasteiger partial charge in [0.25, 0.3) is 0 Å². The number of benzene rings is 1. The van der Waals surface area contributed by atoms with Gasteiger partial charge in [-0.05, 0) is 38.5 Å². The molecule has 1 heterocycles. The Hall–Kier alpha value is -1.39. The number of aromatic nitrogens is 2. The molecule has 20 heavy (non-hydrogen) atoms. The molecule has 1 N–H and O–H groups in total. The Balaban J connectivity index is 2.10. The fraction of sp³-hybridized carbons (Fsp3) is 0.400. The number of hydrogen-bond acceptors (Lipinski definition) is 2. The molecule has 0 saturated heterocycles. The van der Waals surface area contributed by atoms with Gasteiger partial charge in [0, 0.05) is 24.8 Å². The first-order chi connectivity index (χ1) is 9.35. The van der Waals surface area contributed by atoms with Gasteiger partial charge in [-0.25, -0.2) is 9.37 Å². The summed E-state index contributed by atoms with van der Waals surface area (Å²) >= 11 is 5.80. The summed E-state index contributed by atoms with van der Waals surface area (Å²) in [5.41, 5.74) is 2.08. The van der Waals surface area contributed by atoms with Crippen LogP contribution in [0.2, 0.25) is 5.02 Å². The summed E-state index contributed by atoms with van der Waals surface area (Å²) in [6.07, 6.45) is 3.61. The maximum absolute atomic E-state index is 13.1. The monoisotopic (exact) mass is 295 g/mol. The van der Waals surface area contributed by atoms with Crippen LogP contribution in [0.25, 0.3) is 0 Å². The first-order valence-electron chi connectivity index (χ1n) is 6.53. The van der Waals surface area contributed by atoms with Crippen LogP contribution in [-0.2, 0) is 13.1 Å². The van der Waals surface area contributed by atoms with Gasteiger partial charge in [0.1, 0.15) is 5.82 Å². The molecular weight excluding hydrogens is 277 g/mol. The average molecular weight is 296 g/mol. The summed E-state index contributed by atoms with van der Waals surface area (Å²) < 4.78 is 15.2. The van der Waals surface area contributed by atoms with Crippen molar-refractivity contribution in [1.82, 2.24) is 14.9 Å². The Morgan fingerprint density at radius 1 is 1.35 bits per heavy atom. The molecule has 108 valence electrons. The van der Waals surface area contributed by atoms with Crippen LogP contribution in [0, 0.1) is 5.82 Å². The van der Waals surface area contributed by atoms with E-state index in [9.17, 15) is 4.39 Å². The molecule has 0 aliphatic heterocycles. The number of halogens is 2. The maximum atomic E-state index is 13.1. The third kappa shape index (κ3) is 4.05. The van der Waals surface area contributed by atoms with Gasteiger partial charge in [0.15, 0.2) is 0 Å². The topological polar surface area (TPSA) is 29.9 Å². The van der Waals surface area contributed by atoms with E-state index < -0.39 is 5.82 Å². The van der Waals surface area contributed by atoms with Crippen LogP contribution in [0.3, 0.4) is 0 Å². The number of nitrogens with zero attached hydrogens (tertiary/aromatic N) is 2. The second-order valence-corrected chi connectivity index (χ2v) is 6.27. The van der Waals surface area contributed by atoms with E-state index in [1.807, 2.05) is 10.8 Å². The summed E-state index contributed by atoms with van der Waals surface area (Å²) in [6.45, 7) is 7.72. The number of hydrogen-bond donors (Lipinski definition) is 1. The highest BCUT2D eigenvalue weighted by atomic mass is 35.5. The third-order valence-corrected chi connectivity index (χ3v) is 3.22. The van der Waals surface area contributed by atoms with Gasteiger partial charge in [-0.2, -0.15) is 0 Å². The summed E-state index contributed by atoms with van der Waals surface area (Å²) in [5.74, 6) is -0.393. The van der Waals surface area contributed by atoms with E-state index in [4.69, 9.17) is 11.6 Å². The summed E-state index contributed by atoms with van der Waals surface area (Å²) in [7, 11) is 0. The van der Waals surface area contributed by atoms with Crippen LogP contribution in [0.15, 0.2) is 30.7 Å². The molecule has 0 saturated carbocycles. The fourth-order valence-electron chi connectivity index (χ4n) is 1.83. The summed E-state index contributed by atoms with van der Waals surface area (Å²) in [6, 6.07) is 4.78. The highest BCUT2D eigenvalue weighted by molar-refractivity contribution is 6.30. The van der Waals surface area contributed by atoms with E-state index in [1.54, 1.807) is 18.5 Å². The van der Waals surface area contributed by atoms with Gasteiger partial charge < -0.3 is 9.88 Å². The van der Waals surface area contributed by atoms with Crippen LogP contribution in [0.4, 0.5) is 4.39 Å². The lowest BCUT2D eigenvalue weighted by molar-refractivity contribution is 0.417. The van der Waals surface area contributed by atoms with E-state index in [2.05, 4.69) is 31.1 Å². The van der Waals surface area contributed by atoms with Crippen molar-refractivity contribution in [1.29, 1.82) is 0 Å². The maximum Gasteiger partial charge on any atom is 0.141 e. The molecule has 0 aliphatic carbocycles. The zero-order valence-corrected chi connectivity index (χ0v) is 12.7. The second kappa shape index (κ2) is 5.94. The van der Waals surface area contributed by atoms with Crippen molar-refractivity contribution < 1.29 is 4.39 Å². The Morgan fingerprint density at radius 2 is 2.10 bits per heavy atom. The van der Waals surface area contributed by atoms with Gasteiger partial charge in [0.2, 0.25) is 0 Å². The van der Waals surface area contributed by atoms with E-state index in [-0.39, 0.29) is 10.6 Å². The number of nitrogens with one attached hydrogen (secondary N) is 1. The van der Waals surface area contributed by atoms with E-state index in [0.717, 1.165) is 17.8 Å². The van der Waals surface area contributed by atoms with Crippen molar-refractivity contribution in [2.45, 2.75) is 39.4 Å². The smallest absolute Gasteiger partial charge is 0.141 e. The van der Waals surface area contributed by atoms with Crippen LogP contribution >= 0.6 is 11.6 Å². The highest BCUT2D eigenvalue weighted by Crippen LogP contribution is 2.17. The lowest BCUT2D eigenvalue weighted by Gasteiger charge is -2.21. The predicted molar refractivity (Wildman–Crippen MR) is 79.3 cm³/mol. The first-order valence-corrected chi connectivity index (χ1v) is 6.91. The normalized spacial score (nSPS) is 11.8. The fourth-order valence-corrected chi connectivity index (χ4v) is 2.03. The van der Waals surface area contributed by atoms with Crippen LogP contribution in [0.5, 0.6) is 0 Å². The molecule has 0 aliphatic rings. The molecule has 3 nitrogen and oxygen atoms in total. The van der Waals surface area contributed by atoms with Crippen molar-refractivity contribution >= 4 is 11.6 Å². The van der Waals surface area contributed by atoms with Crippen molar-refractivity contribution in [2.75, 3.05) is 0 Å². The lowest BCUT2D eigenvalue weighted by atomic mass is 10.1. The van der Waals surface area contributed by atoms with Crippen molar-refractivity contribution in [3.05, 3.63) is 52.8 Å². The van der Waals surface area contributed by atoms with Crippen molar-refractivity contribution in [3.63, 3.8) is 0 Å². The van der Waals surface area contributed by atoms with Gasteiger partial charge in [0.05, 0.1) is 17.0 Å². The molecule has 2 rings (SSSR count). The summed E-state index contributed by atoms with van der Waals surface area (Å²) in [4.78, 5) is 4.17. The molecule has 0 spiro atoms. The average Bonchev–Trinajstić information content (AvgIpc) is 2.78. The van der Waals surface area contributed by atoms with Crippen molar-refractivity contribution in [2.24, 2.45) is 0 Å². The first kappa shape index (κ1) is 15.0. The van der Waals surface area contributed by atoms with Crippen LogP contribution in [-0.4, -0.2) is 15.1 Å². The number of imidazole rings is 1. The lowest BCUT2D eigenvalue weighted by Crippen LogP contribution is -2.35. The van der Waals surface area contributed by atoms with Gasteiger partial charge in [-0.1, -0.05) is 17.7 Å². The molecule has 0 unspecified atom stereocenters. The second-order valence-electron chi connectivity index (χ2n) is 5.86. The van der Waals surface area contributed by atoms with Gasteiger partial charge >= 0.3 is 0 Å². The molecule has 1 aromatic heterocycles. The van der Waals surface area contributed by atoms with E-state index in [1.165, 1.54) is 6.07 Å². The Bertz CT molecular complexity index is 587. The standard InChI is InChI=1S/C15H19ClFN3/c1-15(2,3)19-8-12-7-18-10-20(12)9-11-4-5-14(17)13(16)6-11/h4-7,10,19H,8-9H2,1-3H3. The van der Waals surface area contributed by atoms with E-state index >= 15 is 0 Å². The third-order valence-electron chi connectivity index (χ3n) is 2.94. The molecule has 0 radical (unpaired) electrons. The minimum atomic E-state index is -0.393. The molecule has 5 heteroatoms. The molecule has 0 atom stereocenters. The molecule has 0 bridgehead atoms.